The first-order chi connectivity index (χ1) is 16.7. The van der Waals surface area contributed by atoms with Crippen molar-refractivity contribution in [2.24, 2.45) is 7.05 Å². The van der Waals surface area contributed by atoms with Crippen molar-refractivity contribution < 1.29 is 31.3 Å². The van der Waals surface area contributed by atoms with Crippen molar-refractivity contribution in [3.05, 3.63) is 89.1 Å². The van der Waals surface area contributed by atoms with Crippen LogP contribution in [0.4, 0.5) is 4.39 Å². The van der Waals surface area contributed by atoms with Crippen molar-refractivity contribution in [1.29, 1.82) is 0 Å². The van der Waals surface area contributed by atoms with Gasteiger partial charge in [-0.3, -0.25) is 4.79 Å². The molecule has 0 unspecified atom stereocenters. The zero-order chi connectivity index (χ0) is 24.9. The number of Topliss-reactive ketones (excluding diaryl/α,β-unsaturated/α-hetero) is 1. The first-order valence-electron chi connectivity index (χ1n) is 10.6. The molecule has 7 nitrogen and oxygen atoms in total. The first-order valence-corrected chi connectivity index (χ1v) is 12.0. The maximum atomic E-state index is 13.2. The number of ether oxygens (including phenoxy) is 2. The van der Waals surface area contributed by atoms with Crippen LogP contribution in [0.1, 0.15) is 21.5 Å². The number of ketones is 1. The van der Waals surface area contributed by atoms with Gasteiger partial charge >= 0.3 is 10.1 Å². The number of aryl methyl sites for hydroxylation is 1. The van der Waals surface area contributed by atoms with Gasteiger partial charge in [0.2, 0.25) is 5.78 Å². The average Bonchev–Trinajstić information content (AvgIpc) is 3.32. The Labute approximate surface area is 201 Å². The molecule has 0 fully saturated rings. The molecule has 35 heavy (non-hydrogen) atoms. The van der Waals surface area contributed by atoms with Gasteiger partial charge in [-0.1, -0.05) is 0 Å². The topological polar surface area (TPSA) is 83.8 Å². The molecule has 1 aromatic heterocycles. The van der Waals surface area contributed by atoms with Gasteiger partial charge in [-0.15, -0.1) is 0 Å². The summed E-state index contributed by atoms with van der Waals surface area (Å²) >= 11 is 0. The normalized spacial score (nSPS) is 14.3. The van der Waals surface area contributed by atoms with Crippen molar-refractivity contribution in [2.45, 2.75) is 11.8 Å². The van der Waals surface area contributed by atoms with Gasteiger partial charge in [0.15, 0.2) is 5.76 Å². The van der Waals surface area contributed by atoms with Crippen molar-refractivity contribution in [1.82, 2.24) is 4.57 Å². The van der Waals surface area contributed by atoms with Crippen LogP contribution in [0.2, 0.25) is 0 Å². The van der Waals surface area contributed by atoms with Gasteiger partial charge in [-0.25, -0.2) is 4.39 Å². The summed E-state index contributed by atoms with van der Waals surface area (Å²) in [7, 11) is -0.725. The monoisotopic (exact) mass is 493 g/mol. The highest BCUT2D eigenvalue weighted by Crippen LogP contribution is 2.40. The van der Waals surface area contributed by atoms with Crippen molar-refractivity contribution in [3.8, 4) is 17.2 Å². The fraction of sp³-hybridized carbons (Fsp3) is 0.115. The average molecular weight is 494 g/mol. The number of fused-ring (bicyclic) bond motifs is 2. The van der Waals surface area contributed by atoms with Crippen LogP contribution in [0.15, 0.2) is 71.4 Å². The molecule has 3 aromatic carbocycles. The lowest BCUT2D eigenvalue weighted by atomic mass is 10.1. The number of methoxy groups -OCH3 is 1. The number of hydrogen-bond acceptors (Lipinski definition) is 6. The lowest BCUT2D eigenvalue weighted by Gasteiger charge is -2.11. The molecule has 0 bridgehead atoms. The maximum Gasteiger partial charge on any atom is 0.339 e. The number of allylic oxidation sites excluding steroid dienone is 1. The van der Waals surface area contributed by atoms with Crippen LogP contribution in [0, 0.1) is 12.7 Å². The summed E-state index contributed by atoms with van der Waals surface area (Å²) in [5, 5.41) is 0.887. The number of carbonyl (C=O) groups is 1. The Balaban J connectivity index is 1.49. The number of aromatic nitrogens is 1. The third-order valence-corrected chi connectivity index (χ3v) is 7.10. The summed E-state index contributed by atoms with van der Waals surface area (Å²) in [6.07, 6.45) is 3.53. The third kappa shape index (κ3) is 3.93. The molecule has 178 valence electrons. The van der Waals surface area contributed by atoms with Gasteiger partial charge in [0.1, 0.15) is 28.0 Å². The number of nitrogens with zero attached hydrogens (tertiary/aromatic N) is 1. The van der Waals surface area contributed by atoms with E-state index in [2.05, 4.69) is 0 Å². The number of rotatable bonds is 5. The van der Waals surface area contributed by atoms with Crippen LogP contribution >= 0.6 is 0 Å². The molecule has 0 saturated carbocycles. The summed E-state index contributed by atoms with van der Waals surface area (Å²) in [5.41, 5.74) is 2.38. The zero-order valence-corrected chi connectivity index (χ0v) is 19.9. The van der Waals surface area contributed by atoms with E-state index in [-0.39, 0.29) is 27.9 Å². The van der Waals surface area contributed by atoms with E-state index in [1.54, 1.807) is 20.1 Å². The summed E-state index contributed by atoms with van der Waals surface area (Å²) in [4.78, 5) is 12.9. The predicted octanol–water partition coefficient (Wildman–Crippen LogP) is 5.02. The summed E-state index contributed by atoms with van der Waals surface area (Å²) in [6.45, 7) is 1.60. The van der Waals surface area contributed by atoms with E-state index in [1.807, 2.05) is 36.0 Å². The molecule has 2 heterocycles. The minimum absolute atomic E-state index is 0.0111. The molecule has 0 saturated heterocycles. The highest BCUT2D eigenvalue weighted by atomic mass is 32.2. The quantitative estimate of drug-likeness (QED) is 0.287. The van der Waals surface area contributed by atoms with Gasteiger partial charge < -0.3 is 18.2 Å². The largest absolute Gasteiger partial charge is 0.497 e. The minimum atomic E-state index is -4.21. The second-order valence-corrected chi connectivity index (χ2v) is 9.62. The Morgan fingerprint density at radius 1 is 1.06 bits per heavy atom. The number of carbonyl (C=O) groups excluding carboxylic acids is 1. The molecule has 1 aliphatic heterocycles. The molecule has 0 aliphatic carbocycles. The molecule has 5 rings (SSSR count). The molecule has 0 N–H and O–H groups in total. The molecule has 4 aromatic rings. The van der Waals surface area contributed by atoms with Crippen LogP contribution in [-0.4, -0.2) is 25.9 Å². The standard InChI is InChI=1S/C26H20FNO6S/c1-15-23(34-35(30,31)19-7-4-17(27)5-8-19)11-9-20-25(29)24(33-26(15)20)12-16-14-28(2)22-10-6-18(32-3)13-21(16)22/h4-14H,1-3H3. The lowest BCUT2D eigenvalue weighted by molar-refractivity contribution is 0.101. The highest BCUT2D eigenvalue weighted by Gasteiger charge is 2.31. The van der Waals surface area contributed by atoms with E-state index >= 15 is 0 Å². The van der Waals surface area contributed by atoms with E-state index < -0.39 is 15.9 Å². The Morgan fingerprint density at radius 2 is 1.80 bits per heavy atom. The van der Waals surface area contributed by atoms with Gasteiger partial charge in [0.05, 0.1) is 12.7 Å². The van der Waals surface area contributed by atoms with E-state index in [0.717, 1.165) is 40.7 Å². The second kappa shape index (κ2) is 8.28. The fourth-order valence-electron chi connectivity index (χ4n) is 4.01. The van der Waals surface area contributed by atoms with Crippen molar-refractivity contribution in [2.75, 3.05) is 7.11 Å². The lowest BCUT2D eigenvalue weighted by Crippen LogP contribution is -2.10. The van der Waals surface area contributed by atoms with Gasteiger partial charge in [-0.05, 0) is 67.6 Å². The van der Waals surface area contributed by atoms with E-state index in [0.29, 0.717) is 16.9 Å². The summed E-state index contributed by atoms with van der Waals surface area (Å²) in [6, 6.07) is 12.8. The van der Waals surface area contributed by atoms with Crippen LogP contribution < -0.4 is 13.7 Å². The number of halogens is 1. The number of hydrogen-bond donors (Lipinski definition) is 0. The van der Waals surface area contributed by atoms with Crippen molar-refractivity contribution in [3.63, 3.8) is 0 Å². The molecular formula is C26H20FNO6S. The molecule has 0 radical (unpaired) electrons. The highest BCUT2D eigenvalue weighted by molar-refractivity contribution is 7.87. The van der Waals surface area contributed by atoms with Crippen LogP contribution in [0.5, 0.6) is 17.2 Å². The molecule has 0 atom stereocenters. The minimum Gasteiger partial charge on any atom is -0.497 e. The van der Waals surface area contributed by atoms with Gasteiger partial charge in [0.25, 0.3) is 0 Å². The third-order valence-electron chi connectivity index (χ3n) is 5.85. The summed E-state index contributed by atoms with van der Waals surface area (Å²) < 4.78 is 56.9. The SMILES string of the molecule is COc1ccc2c(c1)c(C=C1Oc3c(ccc(OS(=O)(=O)c4ccc(F)cc4)c3C)C1=O)cn2C. The smallest absolute Gasteiger partial charge is 0.339 e. The molecule has 9 heteroatoms. The van der Waals surface area contributed by atoms with Crippen LogP contribution in [-0.2, 0) is 17.2 Å². The fourth-order valence-corrected chi connectivity index (χ4v) is 4.99. The maximum absolute atomic E-state index is 13.2. The predicted molar refractivity (Wildman–Crippen MR) is 128 cm³/mol. The molecule has 1 aliphatic rings. The molecule has 0 spiro atoms. The Bertz CT molecular complexity index is 1630. The second-order valence-electron chi connectivity index (χ2n) is 8.07. The number of benzene rings is 3. The van der Waals surface area contributed by atoms with Gasteiger partial charge in [-0.2, -0.15) is 8.42 Å². The molecule has 0 amide bonds. The van der Waals surface area contributed by atoms with Gasteiger partial charge in [0, 0.05) is 35.3 Å². The Hall–Kier alpha value is -4.11. The summed E-state index contributed by atoms with van der Waals surface area (Å²) in [5.74, 6) is 0.148. The first kappa shape index (κ1) is 22.7. The van der Waals surface area contributed by atoms with Crippen LogP contribution in [0.25, 0.3) is 17.0 Å². The van der Waals surface area contributed by atoms with Crippen molar-refractivity contribution >= 4 is 32.9 Å². The Morgan fingerprint density at radius 3 is 2.51 bits per heavy atom. The zero-order valence-electron chi connectivity index (χ0n) is 19.0. The van der Waals surface area contributed by atoms with E-state index in [1.165, 1.54) is 12.1 Å². The van der Waals surface area contributed by atoms with E-state index in [9.17, 15) is 17.6 Å². The van der Waals surface area contributed by atoms with Crippen LogP contribution in [0.3, 0.4) is 0 Å². The Kier molecular flexibility index (Phi) is 5.36. The van der Waals surface area contributed by atoms with E-state index in [4.69, 9.17) is 13.7 Å². The molecular weight excluding hydrogens is 473 g/mol.